The number of halogens is 3. The fourth-order valence-corrected chi connectivity index (χ4v) is 2.75. The monoisotopic (exact) mass is 301 g/mol. The maximum atomic E-state index is 12.3. The molecular weight excluding hydrogens is 283 g/mol. The molecule has 1 fully saturated rings. The van der Waals surface area contributed by atoms with E-state index < -0.39 is 17.9 Å². The number of hydrogen-bond acceptors (Lipinski definition) is 3. The maximum absolute atomic E-state index is 12.3. The van der Waals surface area contributed by atoms with Crippen LogP contribution in [0.5, 0.6) is 0 Å². The van der Waals surface area contributed by atoms with Crippen molar-refractivity contribution in [3.05, 3.63) is 34.9 Å². The van der Waals surface area contributed by atoms with Crippen LogP contribution in [0.2, 0.25) is 0 Å². The second-order valence-electron chi connectivity index (χ2n) is 5.53. The van der Waals surface area contributed by atoms with E-state index >= 15 is 0 Å². The van der Waals surface area contributed by atoms with Crippen molar-refractivity contribution in [3.8, 4) is 0 Å². The molecule has 0 radical (unpaired) electrons. The van der Waals surface area contributed by atoms with Crippen molar-refractivity contribution in [1.82, 2.24) is 5.32 Å². The molecule has 1 aliphatic carbocycles. The Morgan fingerprint density at radius 3 is 2.48 bits per heavy atom. The van der Waals surface area contributed by atoms with E-state index in [1.165, 1.54) is 7.05 Å². The van der Waals surface area contributed by atoms with E-state index in [0.29, 0.717) is 12.8 Å². The van der Waals surface area contributed by atoms with Crippen LogP contribution in [0.3, 0.4) is 0 Å². The highest BCUT2D eigenvalue weighted by atomic mass is 19.4. The van der Waals surface area contributed by atoms with Crippen LogP contribution in [0.15, 0.2) is 18.2 Å². The molecule has 1 N–H and O–H groups in total. The molecule has 0 atom stereocenters. The van der Waals surface area contributed by atoms with Gasteiger partial charge in [0.05, 0.1) is 0 Å². The average molecular weight is 301 g/mol. The number of esters is 1. The van der Waals surface area contributed by atoms with Crippen LogP contribution in [0.4, 0.5) is 13.2 Å². The van der Waals surface area contributed by atoms with Crippen molar-refractivity contribution in [2.24, 2.45) is 0 Å². The molecule has 0 heterocycles. The van der Waals surface area contributed by atoms with Gasteiger partial charge in [0.2, 0.25) is 0 Å². The molecule has 0 saturated heterocycles. The predicted octanol–water partition coefficient (Wildman–Crippen LogP) is 3.20. The topological polar surface area (TPSA) is 38.3 Å². The van der Waals surface area contributed by atoms with Gasteiger partial charge in [0.1, 0.15) is 0 Å². The Morgan fingerprint density at radius 1 is 1.33 bits per heavy atom. The zero-order chi connectivity index (χ0) is 15.8. The van der Waals surface area contributed by atoms with Crippen LogP contribution in [0, 0.1) is 13.8 Å². The molecule has 6 heteroatoms. The molecule has 0 bridgehead atoms. The third-order valence-electron chi connectivity index (χ3n) is 4.21. The Bertz CT molecular complexity index is 548. The Hall–Kier alpha value is -1.56. The molecular formula is C15H18F3NO2. The number of alkyl halides is 3. The first kappa shape index (κ1) is 15.8. The van der Waals surface area contributed by atoms with Crippen LogP contribution in [-0.4, -0.2) is 24.9 Å². The second kappa shape index (κ2) is 5.33. The highest BCUT2D eigenvalue weighted by Crippen LogP contribution is 2.47. The molecule has 0 unspecified atom stereocenters. The van der Waals surface area contributed by atoms with Crippen molar-refractivity contribution >= 4 is 5.97 Å². The van der Waals surface area contributed by atoms with Gasteiger partial charge < -0.3 is 4.74 Å². The highest BCUT2D eigenvalue weighted by molar-refractivity contribution is 5.76. The summed E-state index contributed by atoms with van der Waals surface area (Å²) in [7, 11) is 1.50. The number of carbonyl (C=O) groups excluding carboxylic acids is 1. The first-order chi connectivity index (χ1) is 9.68. The summed E-state index contributed by atoms with van der Waals surface area (Å²) in [5.41, 5.74) is 2.16. The minimum atomic E-state index is -4.96. The Labute approximate surface area is 121 Å². The lowest BCUT2D eigenvalue weighted by Gasteiger charge is -2.47. The number of hydrogen-bond donors (Lipinski definition) is 1. The van der Waals surface area contributed by atoms with Gasteiger partial charge in [-0.25, -0.2) is 4.79 Å². The van der Waals surface area contributed by atoms with E-state index in [2.05, 4.69) is 10.1 Å². The van der Waals surface area contributed by atoms with Gasteiger partial charge in [-0.2, -0.15) is 13.2 Å². The quantitative estimate of drug-likeness (QED) is 0.688. The lowest BCUT2D eigenvalue weighted by molar-refractivity contribution is -0.226. The van der Waals surface area contributed by atoms with Crippen molar-refractivity contribution in [2.75, 3.05) is 7.05 Å². The molecule has 0 spiro atoms. The van der Waals surface area contributed by atoms with E-state index in [0.717, 1.165) is 16.7 Å². The Balaban J connectivity index is 2.09. The third-order valence-corrected chi connectivity index (χ3v) is 4.21. The van der Waals surface area contributed by atoms with Gasteiger partial charge in [0.15, 0.2) is 5.72 Å². The van der Waals surface area contributed by atoms with Crippen LogP contribution < -0.4 is 5.32 Å². The van der Waals surface area contributed by atoms with Gasteiger partial charge in [0.25, 0.3) is 0 Å². The largest absolute Gasteiger partial charge is 0.490 e. The average Bonchev–Trinajstić information content (AvgIpc) is 2.36. The van der Waals surface area contributed by atoms with E-state index in [9.17, 15) is 18.0 Å². The third kappa shape index (κ3) is 3.05. The lowest BCUT2D eigenvalue weighted by Crippen LogP contribution is -2.57. The first-order valence-corrected chi connectivity index (χ1v) is 6.74. The number of ether oxygens (including phenoxy) is 1. The molecule has 1 aliphatic rings. The van der Waals surface area contributed by atoms with Gasteiger partial charge in [0, 0.05) is 12.8 Å². The molecule has 0 aromatic heterocycles. The zero-order valence-electron chi connectivity index (χ0n) is 12.2. The number of carbonyl (C=O) groups is 1. The van der Waals surface area contributed by atoms with Crippen molar-refractivity contribution in [2.45, 2.75) is 44.5 Å². The minimum absolute atomic E-state index is 0.0957. The fourth-order valence-electron chi connectivity index (χ4n) is 2.75. The van der Waals surface area contributed by atoms with Crippen LogP contribution >= 0.6 is 0 Å². The summed E-state index contributed by atoms with van der Waals surface area (Å²) in [6, 6.07) is 5.89. The smallest absolute Gasteiger partial charge is 0.437 e. The second-order valence-corrected chi connectivity index (χ2v) is 5.53. The number of nitrogens with one attached hydrogen (secondary N) is 1. The van der Waals surface area contributed by atoms with E-state index in [4.69, 9.17) is 0 Å². The van der Waals surface area contributed by atoms with E-state index in [1.807, 2.05) is 32.0 Å². The fraction of sp³-hybridized carbons (Fsp3) is 0.533. The number of rotatable bonds is 3. The molecule has 1 aromatic rings. The van der Waals surface area contributed by atoms with Crippen LogP contribution in [0.25, 0.3) is 0 Å². The summed E-state index contributed by atoms with van der Waals surface area (Å²) >= 11 is 0. The molecule has 21 heavy (non-hydrogen) atoms. The molecule has 3 nitrogen and oxygen atoms in total. The predicted molar refractivity (Wildman–Crippen MR) is 71.8 cm³/mol. The highest BCUT2D eigenvalue weighted by Gasteiger charge is 2.52. The summed E-state index contributed by atoms with van der Waals surface area (Å²) in [5, 5.41) is 2.71. The molecule has 1 saturated carbocycles. The van der Waals surface area contributed by atoms with Gasteiger partial charge in [-0.05, 0) is 43.5 Å². The lowest BCUT2D eigenvalue weighted by atomic mass is 9.71. The molecule has 116 valence electrons. The van der Waals surface area contributed by atoms with Gasteiger partial charge in [-0.1, -0.05) is 18.2 Å². The molecule has 0 amide bonds. The normalized spacial score (nSPS) is 25.3. The van der Waals surface area contributed by atoms with Crippen molar-refractivity contribution in [1.29, 1.82) is 0 Å². The van der Waals surface area contributed by atoms with Crippen molar-refractivity contribution in [3.63, 3.8) is 0 Å². The number of benzene rings is 1. The number of aryl methyl sites for hydroxylation is 1. The molecule has 1 aromatic carbocycles. The van der Waals surface area contributed by atoms with Gasteiger partial charge in [-0.3, -0.25) is 5.32 Å². The van der Waals surface area contributed by atoms with Crippen LogP contribution in [0.1, 0.15) is 35.4 Å². The van der Waals surface area contributed by atoms with Crippen LogP contribution in [-0.2, 0) is 9.53 Å². The Morgan fingerprint density at radius 2 is 1.95 bits per heavy atom. The van der Waals surface area contributed by atoms with E-state index in [-0.39, 0.29) is 5.92 Å². The minimum Gasteiger partial charge on any atom is -0.437 e. The SMILES string of the molecule is CNC1(OC(=O)C(F)(F)F)CC(c2cccc(C)c2C)C1. The summed E-state index contributed by atoms with van der Waals surface area (Å²) in [5.74, 6) is -2.05. The van der Waals surface area contributed by atoms with E-state index in [1.54, 1.807) is 0 Å². The zero-order valence-corrected chi connectivity index (χ0v) is 12.2. The maximum Gasteiger partial charge on any atom is 0.490 e. The Kier molecular flexibility index (Phi) is 4.02. The van der Waals surface area contributed by atoms with Crippen molar-refractivity contribution < 1.29 is 22.7 Å². The summed E-state index contributed by atoms with van der Waals surface area (Å²) in [6.45, 7) is 3.98. The van der Waals surface area contributed by atoms with Gasteiger partial charge in [-0.15, -0.1) is 0 Å². The first-order valence-electron chi connectivity index (χ1n) is 6.74. The summed E-state index contributed by atoms with van der Waals surface area (Å²) < 4.78 is 41.6. The van der Waals surface area contributed by atoms with Gasteiger partial charge >= 0.3 is 12.1 Å². The molecule has 2 rings (SSSR count). The summed E-state index contributed by atoms with van der Waals surface area (Å²) in [4.78, 5) is 11.0. The molecule has 0 aliphatic heterocycles. The standard InChI is InChI=1S/C15H18F3NO2/c1-9-5-4-6-12(10(9)2)11-7-14(8-11,19-3)21-13(20)15(16,17)18/h4-6,11,19H,7-8H2,1-3H3. The summed E-state index contributed by atoms with van der Waals surface area (Å²) in [6.07, 6.45) is -4.28.